The third-order valence-electron chi connectivity index (χ3n) is 1.65. The first-order valence-corrected chi connectivity index (χ1v) is 6.03. The fraction of sp³-hybridized carbons (Fsp3) is 0.111. The number of thiocyanates is 1. The number of halogens is 1. The molecular formula is C9H5ClN2S2. The molecule has 0 aliphatic rings. The number of fused-ring (bicyclic) bond motifs is 1. The van der Waals surface area contributed by atoms with Crippen LogP contribution in [0.25, 0.3) is 10.2 Å². The van der Waals surface area contributed by atoms with E-state index in [1.165, 1.54) is 11.8 Å². The van der Waals surface area contributed by atoms with Gasteiger partial charge in [-0.3, -0.25) is 0 Å². The summed E-state index contributed by atoms with van der Waals surface area (Å²) in [4.78, 5) is 4.37. The first-order chi connectivity index (χ1) is 6.79. The molecular weight excluding hydrogens is 236 g/mol. The van der Waals surface area contributed by atoms with E-state index in [0.29, 0.717) is 10.8 Å². The molecule has 1 aromatic carbocycles. The Hall–Kier alpha value is -0.760. The monoisotopic (exact) mass is 240 g/mol. The predicted molar refractivity (Wildman–Crippen MR) is 61.5 cm³/mol. The van der Waals surface area contributed by atoms with Gasteiger partial charge in [0.1, 0.15) is 10.4 Å². The van der Waals surface area contributed by atoms with Gasteiger partial charge in [0.15, 0.2) is 0 Å². The lowest BCUT2D eigenvalue weighted by Gasteiger charge is -1.86. The fourth-order valence-electron chi connectivity index (χ4n) is 1.10. The maximum atomic E-state index is 8.42. The van der Waals surface area contributed by atoms with E-state index >= 15 is 0 Å². The Morgan fingerprint density at radius 3 is 3.21 bits per heavy atom. The zero-order valence-corrected chi connectivity index (χ0v) is 9.42. The smallest absolute Gasteiger partial charge is 0.133 e. The van der Waals surface area contributed by atoms with Crippen LogP contribution in [0.2, 0.25) is 5.02 Å². The molecule has 14 heavy (non-hydrogen) atoms. The van der Waals surface area contributed by atoms with E-state index in [4.69, 9.17) is 16.9 Å². The molecule has 0 saturated carbocycles. The van der Waals surface area contributed by atoms with Gasteiger partial charge in [0.05, 0.1) is 16.0 Å². The van der Waals surface area contributed by atoms with Crippen LogP contribution in [0.1, 0.15) is 5.01 Å². The summed E-state index contributed by atoms with van der Waals surface area (Å²) in [5.41, 5.74) is 0.913. The van der Waals surface area contributed by atoms with Gasteiger partial charge in [-0.15, -0.1) is 11.3 Å². The Morgan fingerprint density at radius 2 is 2.43 bits per heavy atom. The molecule has 0 amide bonds. The molecule has 2 nitrogen and oxygen atoms in total. The molecule has 0 N–H and O–H groups in total. The molecule has 0 aliphatic heterocycles. The molecule has 0 saturated heterocycles. The van der Waals surface area contributed by atoms with Gasteiger partial charge < -0.3 is 0 Å². The maximum Gasteiger partial charge on any atom is 0.133 e. The quantitative estimate of drug-likeness (QED) is 0.752. The second-order valence-corrected chi connectivity index (χ2v) is 4.91. The molecule has 1 aromatic heterocycles. The van der Waals surface area contributed by atoms with Gasteiger partial charge in [0, 0.05) is 5.02 Å². The van der Waals surface area contributed by atoms with Gasteiger partial charge in [-0.25, -0.2) is 4.98 Å². The third kappa shape index (κ3) is 2.01. The minimum absolute atomic E-state index is 0.646. The van der Waals surface area contributed by atoms with Crippen molar-refractivity contribution < 1.29 is 0 Å². The van der Waals surface area contributed by atoms with Gasteiger partial charge >= 0.3 is 0 Å². The van der Waals surface area contributed by atoms with Crippen LogP contribution in [0.3, 0.4) is 0 Å². The highest BCUT2D eigenvalue weighted by Gasteiger charge is 2.03. The summed E-state index contributed by atoms with van der Waals surface area (Å²) in [6.45, 7) is 0. The van der Waals surface area contributed by atoms with Crippen LogP contribution in [-0.4, -0.2) is 4.98 Å². The average molecular weight is 241 g/mol. The summed E-state index contributed by atoms with van der Waals surface area (Å²) in [5, 5.41) is 12.1. The lowest BCUT2D eigenvalue weighted by molar-refractivity contribution is 1.31. The Labute approximate surface area is 94.5 Å². The SMILES string of the molecule is N#CSCc1nc2cc(Cl)ccc2s1. The van der Waals surface area contributed by atoms with E-state index in [1.54, 1.807) is 11.3 Å². The summed E-state index contributed by atoms with van der Waals surface area (Å²) in [6, 6.07) is 5.65. The van der Waals surface area contributed by atoms with Crippen molar-refractivity contribution in [3.8, 4) is 5.40 Å². The number of hydrogen-bond donors (Lipinski definition) is 0. The van der Waals surface area contributed by atoms with Crippen molar-refractivity contribution in [2.75, 3.05) is 0 Å². The third-order valence-corrected chi connectivity index (χ3v) is 3.66. The molecule has 0 atom stereocenters. The fourth-order valence-corrected chi connectivity index (χ4v) is 2.68. The average Bonchev–Trinajstić information content (AvgIpc) is 2.56. The van der Waals surface area contributed by atoms with E-state index in [-0.39, 0.29) is 0 Å². The van der Waals surface area contributed by atoms with Crippen LogP contribution in [-0.2, 0) is 5.75 Å². The molecule has 0 fully saturated rings. The number of benzene rings is 1. The standard InChI is InChI=1S/C9H5ClN2S2/c10-6-1-2-8-7(3-6)12-9(14-8)4-13-5-11/h1-3H,4H2. The second kappa shape index (κ2) is 4.18. The zero-order valence-electron chi connectivity index (χ0n) is 7.03. The van der Waals surface area contributed by atoms with Crippen LogP contribution in [0.15, 0.2) is 18.2 Å². The predicted octanol–water partition coefficient (Wildman–Crippen LogP) is 3.66. The van der Waals surface area contributed by atoms with E-state index in [1.807, 2.05) is 23.6 Å². The molecule has 70 valence electrons. The highest BCUT2D eigenvalue weighted by Crippen LogP contribution is 2.26. The molecule has 0 bridgehead atoms. The minimum Gasteiger partial charge on any atom is -0.240 e. The van der Waals surface area contributed by atoms with Crippen molar-refractivity contribution in [1.82, 2.24) is 4.98 Å². The largest absolute Gasteiger partial charge is 0.240 e. The number of thiazole rings is 1. The summed E-state index contributed by atoms with van der Waals surface area (Å²) in [5.74, 6) is 0.646. The van der Waals surface area contributed by atoms with Crippen molar-refractivity contribution in [2.24, 2.45) is 0 Å². The van der Waals surface area contributed by atoms with Crippen molar-refractivity contribution in [1.29, 1.82) is 5.26 Å². The zero-order chi connectivity index (χ0) is 9.97. The lowest BCUT2D eigenvalue weighted by atomic mass is 10.3. The number of hydrogen-bond acceptors (Lipinski definition) is 4. The van der Waals surface area contributed by atoms with Crippen LogP contribution in [0.5, 0.6) is 0 Å². The van der Waals surface area contributed by atoms with Crippen LogP contribution in [0.4, 0.5) is 0 Å². The Balaban J connectivity index is 2.37. The van der Waals surface area contributed by atoms with E-state index in [9.17, 15) is 0 Å². The van der Waals surface area contributed by atoms with Gasteiger partial charge in [-0.1, -0.05) is 11.6 Å². The second-order valence-electron chi connectivity index (χ2n) is 2.60. The summed E-state index contributed by atoms with van der Waals surface area (Å²) in [6.07, 6.45) is 0. The first-order valence-electron chi connectivity index (χ1n) is 3.85. The van der Waals surface area contributed by atoms with Gasteiger partial charge in [-0.2, -0.15) is 5.26 Å². The maximum absolute atomic E-state index is 8.42. The molecule has 0 radical (unpaired) electrons. The Kier molecular flexibility index (Phi) is 2.92. The van der Waals surface area contributed by atoms with E-state index in [0.717, 1.165) is 15.2 Å². The topological polar surface area (TPSA) is 36.7 Å². The first kappa shape index (κ1) is 9.78. The summed E-state index contributed by atoms with van der Waals surface area (Å²) in [7, 11) is 0. The van der Waals surface area contributed by atoms with Crippen LogP contribution < -0.4 is 0 Å². The highest BCUT2D eigenvalue weighted by molar-refractivity contribution is 8.03. The Bertz CT molecular complexity index is 501. The Morgan fingerprint density at radius 1 is 1.57 bits per heavy atom. The van der Waals surface area contributed by atoms with E-state index in [2.05, 4.69) is 4.98 Å². The van der Waals surface area contributed by atoms with Crippen molar-refractivity contribution >= 4 is 44.9 Å². The van der Waals surface area contributed by atoms with E-state index < -0.39 is 0 Å². The number of nitrogens with zero attached hydrogens (tertiary/aromatic N) is 2. The minimum atomic E-state index is 0.646. The molecule has 2 aromatic rings. The van der Waals surface area contributed by atoms with Crippen LogP contribution in [0, 0.1) is 10.7 Å². The number of thioether (sulfide) groups is 1. The van der Waals surface area contributed by atoms with Crippen molar-refractivity contribution in [2.45, 2.75) is 5.75 Å². The number of rotatable bonds is 2. The summed E-state index contributed by atoms with van der Waals surface area (Å²) >= 11 is 8.64. The molecule has 0 unspecified atom stereocenters. The molecule has 2 rings (SSSR count). The molecule has 1 heterocycles. The van der Waals surface area contributed by atoms with Gasteiger partial charge in [0.2, 0.25) is 0 Å². The summed E-state index contributed by atoms with van der Waals surface area (Å²) < 4.78 is 1.11. The van der Waals surface area contributed by atoms with Crippen molar-refractivity contribution in [3.63, 3.8) is 0 Å². The molecule has 0 aliphatic carbocycles. The lowest BCUT2D eigenvalue weighted by Crippen LogP contribution is -1.74. The van der Waals surface area contributed by atoms with Crippen molar-refractivity contribution in [3.05, 3.63) is 28.2 Å². The van der Waals surface area contributed by atoms with Crippen LogP contribution >= 0.6 is 34.7 Å². The van der Waals surface area contributed by atoms with Gasteiger partial charge in [0.25, 0.3) is 0 Å². The molecule has 0 spiro atoms. The highest BCUT2D eigenvalue weighted by atomic mass is 35.5. The molecule has 5 heteroatoms. The number of nitriles is 1. The normalized spacial score (nSPS) is 10.3. The van der Waals surface area contributed by atoms with Gasteiger partial charge in [-0.05, 0) is 30.0 Å². The number of aromatic nitrogens is 1.